The van der Waals surface area contributed by atoms with E-state index in [0.717, 1.165) is 19.1 Å². The van der Waals surface area contributed by atoms with Gasteiger partial charge in [-0.25, -0.2) is 4.18 Å². The van der Waals surface area contributed by atoms with Gasteiger partial charge in [0.15, 0.2) is 0 Å². The zero-order valence-corrected chi connectivity index (χ0v) is 10.1. The van der Waals surface area contributed by atoms with Crippen molar-refractivity contribution in [1.82, 2.24) is 0 Å². The third kappa shape index (κ3) is 4.94. The number of aldehydes is 1. The number of hydrogen-bond donors (Lipinski definition) is 1. The molecule has 6 nitrogen and oxygen atoms in total. The maximum absolute atomic E-state index is 10.8. The minimum Gasteiger partial charge on any atom is -0.383 e. The van der Waals surface area contributed by atoms with Crippen molar-refractivity contribution >= 4 is 22.4 Å². The van der Waals surface area contributed by atoms with E-state index in [2.05, 4.69) is 13.7 Å². The van der Waals surface area contributed by atoms with Gasteiger partial charge >= 0.3 is 10.4 Å². The Balaban J connectivity index is 2.33. The van der Waals surface area contributed by atoms with Crippen molar-refractivity contribution in [2.75, 3.05) is 25.6 Å². The quantitative estimate of drug-likeness (QED) is 0.576. The molecule has 1 rings (SSSR count). The fourth-order valence-corrected chi connectivity index (χ4v) is 1.45. The lowest BCUT2D eigenvalue weighted by molar-refractivity contribution is 0.112. The largest absolute Gasteiger partial charge is 0.399 e. The van der Waals surface area contributed by atoms with E-state index < -0.39 is 10.4 Å². The standard InChI is InChI=1S/C10H13NO5S/c1-15-17(13,14)16-7-6-11-10-4-2-9(8-12)3-5-10/h2-5,8,11H,6-7H2,1H3. The molecule has 1 aromatic carbocycles. The Morgan fingerprint density at radius 2 is 1.94 bits per heavy atom. The van der Waals surface area contributed by atoms with E-state index in [1.165, 1.54) is 0 Å². The van der Waals surface area contributed by atoms with Crippen LogP contribution in [-0.4, -0.2) is 35.0 Å². The highest BCUT2D eigenvalue weighted by molar-refractivity contribution is 7.81. The van der Waals surface area contributed by atoms with Crippen LogP contribution < -0.4 is 5.32 Å². The number of hydrogen-bond acceptors (Lipinski definition) is 6. The van der Waals surface area contributed by atoms with Crippen molar-refractivity contribution in [3.63, 3.8) is 0 Å². The number of anilines is 1. The maximum atomic E-state index is 10.8. The fraction of sp³-hybridized carbons (Fsp3) is 0.300. The summed E-state index contributed by atoms with van der Waals surface area (Å²) in [5.41, 5.74) is 1.35. The van der Waals surface area contributed by atoms with Crippen LogP contribution in [0.4, 0.5) is 5.69 Å². The average Bonchev–Trinajstić information content (AvgIpc) is 2.35. The second-order valence-corrected chi connectivity index (χ2v) is 4.45. The van der Waals surface area contributed by atoms with Gasteiger partial charge in [-0.05, 0) is 24.3 Å². The number of carbonyl (C=O) groups excluding carboxylic acids is 1. The van der Waals surface area contributed by atoms with Gasteiger partial charge in [0.25, 0.3) is 0 Å². The SMILES string of the molecule is COS(=O)(=O)OCCNc1ccc(C=O)cc1. The van der Waals surface area contributed by atoms with E-state index in [0.29, 0.717) is 12.1 Å². The van der Waals surface area contributed by atoms with Crippen molar-refractivity contribution in [3.8, 4) is 0 Å². The van der Waals surface area contributed by atoms with E-state index >= 15 is 0 Å². The molecule has 0 aromatic heterocycles. The summed E-state index contributed by atoms with van der Waals surface area (Å²) in [5, 5.41) is 2.93. The monoisotopic (exact) mass is 259 g/mol. The highest BCUT2D eigenvalue weighted by Crippen LogP contribution is 2.07. The van der Waals surface area contributed by atoms with Crippen LogP contribution in [0, 0.1) is 0 Å². The summed E-state index contributed by atoms with van der Waals surface area (Å²) in [6.45, 7) is 0.272. The smallest absolute Gasteiger partial charge is 0.383 e. The Labute approximate surface area is 99.9 Å². The first-order chi connectivity index (χ1) is 8.07. The third-order valence-corrected chi connectivity index (χ3v) is 2.77. The lowest BCUT2D eigenvalue weighted by Crippen LogP contribution is -2.14. The summed E-state index contributed by atoms with van der Waals surface area (Å²) in [6.07, 6.45) is 0.748. The van der Waals surface area contributed by atoms with Crippen LogP contribution in [0.3, 0.4) is 0 Å². The average molecular weight is 259 g/mol. The van der Waals surface area contributed by atoms with Crippen molar-refractivity contribution in [2.24, 2.45) is 0 Å². The van der Waals surface area contributed by atoms with Crippen molar-refractivity contribution in [3.05, 3.63) is 29.8 Å². The van der Waals surface area contributed by atoms with Crippen molar-refractivity contribution in [2.45, 2.75) is 0 Å². The van der Waals surface area contributed by atoms with Crippen LogP contribution in [0.25, 0.3) is 0 Å². The molecule has 0 spiro atoms. The summed E-state index contributed by atoms with van der Waals surface area (Å²) in [6, 6.07) is 6.74. The fourth-order valence-electron chi connectivity index (χ4n) is 1.07. The van der Waals surface area contributed by atoms with Gasteiger partial charge in [0.2, 0.25) is 0 Å². The molecular formula is C10H13NO5S. The summed E-state index contributed by atoms with van der Waals surface area (Å²) in [5.74, 6) is 0. The molecule has 0 aliphatic carbocycles. The van der Waals surface area contributed by atoms with E-state index in [1.54, 1.807) is 24.3 Å². The summed E-state index contributed by atoms with van der Waals surface area (Å²) in [4.78, 5) is 10.4. The number of rotatable bonds is 7. The molecule has 0 unspecified atom stereocenters. The molecular weight excluding hydrogens is 246 g/mol. The molecule has 0 bridgehead atoms. The molecule has 0 aliphatic rings. The normalized spacial score (nSPS) is 11.1. The molecule has 0 atom stereocenters. The van der Waals surface area contributed by atoms with Gasteiger partial charge in [-0.15, -0.1) is 0 Å². The molecule has 0 aliphatic heterocycles. The minimum absolute atomic E-state index is 0.0361. The van der Waals surface area contributed by atoms with Crippen LogP contribution in [0.2, 0.25) is 0 Å². The van der Waals surface area contributed by atoms with Crippen LogP contribution in [0.15, 0.2) is 24.3 Å². The molecule has 1 aromatic rings. The lowest BCUT2D eigenvalue weighted by atomic mass is 10.2. The van der Waals surface area contributed by atoms with E-state index in [1.807, 2.05) is 0 Å². The van der Waals surface area contributed by atoms with Crippen molar-refractivity contribution in [1.29, 1.82) is 0 Å². The van der Waals surface area contributed by atoms with Gasteiger partial charge < -0.3 is 5.32 Å². The highest BCUT2D eigenvalue weighted by Gasteiger charge is 2.07. The predicted octanol–water partition coefficient (Wildman–Crippen LogP) is 0.819. The molecule has 7 heteroatoms. The topological polar surface area (TPSA) is 81.7 Å². The van der Waals surface area contributed by atoms with Gasteiger partial charge in [-0.1, -0.05) is 0 Å². The van der Waals surface area contributed by atoms with E-state index in [4.69, 9.17) is 0 Å². The number of nitrogens with one attached hydrogen (secondary N) is 1. The van der Waals surface area contributed by atoms with Gasteiger partial charge in [0.05, 0.1) is 13.7 Å². The Kier molecular flexibility index (Phi) is 5.08. The summed E-state index contributed by atoms with van der Waals surface area (Å²) in [7, 11) is -2.84. The molecule has 0 heterocycles. The van der Waals surface area contributed by atoms with Gasteiger partial charge in [-0.3, -0.25) is 8.98 Å². The summed E-state index contributed by atoms with van der Waals surface area (Å²) < 4.78 is 30.1. The first kappa shape index (κ1) is 13.6. The predicted molar refractivity (Wildman–Crippen MR) is 62.2 cm³/mol. The summed E-state index contributed by atoms with van der Waals surface area (Å²) >= 11 is 0. The van der Waals surface area contributed by atoms with Gasteiger partial charge in [0, 0.05) is 17.8 Å². The Morgan fingerprint density at radius 3 is 2.47 bits per heavy atom. The Morgan fingerprint density at radius 1 is 1.29 bits per heavy atom. The van der Waals surface area contributed by atoms with Gasteiger partial charge in [0.1, 0.15) is 6.29 Å². The Hall–Kier alpha value is -1.44. The first-order valence-electron chi connectivity index (χ1n) is 4.81. The second kappa shape index (κ2) is 6.33. The molecule has 1 N–H and O–H groups in total. The molecule has 0 fully saturated rings. The molecule has 94 valence electrons. The van der Waals surface area contributed by atoms with Crippen molar-refractivity contribution < 1.29 is 21.6 Å². The maximum Gasteiger partial charge on any atom is 0.399 e. The van der Waals surface area contributed by atoms with Crippen LogP contribution in [-0.2, 0) is 18.8 Å². The number of carbonyl (C=O) groups is 1. The zero-order chi connectivity index (χ0) is 12.7. The minimum atomic E-state index is -3.87. The zero-order valence-electron chi connectivity index (χ0n) is 9.25. The molecule has 0 saturated heterocycles. The second-order valence-electron chi connectivity index (χ2n) is 3.06. The number of benzene rings is 1. The van der Waals surface area contributed by atoms with Crippen LogP contribution in [0.5, 0.6) is 0 Å². The Bertz CT molecular complexity index is 454. The van der Waals surface area contributed by atoms with Crippen LogP contribution in [0.1, 0.15) is 10.4 Å². The van der Waals surface area contributed by atoms with E-state index in [-0.39, 0.29) is 6.61 Å². The molecule has 0 radical (unpaired) electrons. The van der Waals surface area contributed by atoms with Gasteiger partial charge in [-0.2, -0.15) is 8.42 Å². The molecule has 0 amide bonds. The molecule has 0 saturated carbocycles. The third-order valence-electron chi connectivity index (χ3n) is 1.91. The first-order valence-corrected chi connectivity index (χ1v) is 6.15. The lowest BCUT2D eigenvalue weighted by Gasteiger charge is -2.06. The van der Waals surface area contributed by atoms with Crippen LogP contribution >= 0.6 is 0 Å². The van der Waals surface area contributed by atoms with E-state index in [9.17, 15) is 13.2 Å². The highest BCUT2D eigenvalue weighted by atomic mass is 32.3. The molecule has 17 heavy (non-hydrogen) atoms.